The lowest BCUT2D eigenvalue weighted by atomic mass is 9.87. The number of nitrogens with zero attached hydrogens (tertiary/aromatic N) is 1. The van der Waals surface area contributed by atoms with E-state index in [1.54, 1.807) is 16.4 Å². The number of piperidine rings is 1. The smallest absolute Gasteiger partial charge is 0.243 e. The standard InChI is InChI=1S/C18H30N2O2S.ClH/c1-18(2,3)16-5-7-17(8-6-16)23(21,22)20-13-10-15(11-14-20)9-12-19-4;/h5-8,15,19H,9-14H2,1-4H3;1H. The van der Waals surface area contributed by atoms with Crippen molar-refractivity contribution in [2.45, 2.75) is 50.3 Å². The molecule has 0 radical (unpaired) electrons. The van der Waals surface area contributed by atoms with Crippen molar-refractivity contribution >= 4 is 22.4 Å². The lowest BCUT2D eigenvalue weighted by molar-refractivity contribution is 0.263. The van der Waals surface area contributed by atoms with Crippen LogP contribution in [0.3, 0.4) is 0 Å². The van der Waals surface area contributed by atoms with E-state index >= 15 is 0 Å². The average molecular weight is 375 g/mol. The molecule has 138 valence electrons. The predicted octanol–water partition coefficient (Wildman–Crippen LogP) is 3.42. The summed E-state index contributed by atoms with van der Waals surface area (Å²) in [7, 11) is -1.39. The molecule has 0 bridgehead atoms. The molecule has 0 aliphatic carbocycles. The molecule has 24 heavy (non-hydrogen) atoms. The molecule has 1 aliphatic rings. The van der Waals surface area contributed by atoms with E-state index in [-0.39, 0.29) is 17.8 Å². The largest absolute Gasteiger partial charge is 0.320 e. The monoisotopic (exact) mass is 374 g/mol. The molecule has 0 saturated carbocycles. The first kappa shape index (κ1) is 21.4. The Bertz CT molecular complexity index is 601. The van der Waals surface area contributed by atoms with Crippen LogP contribution >= 0.6 is 12.4 Å². The summed E-state index contributed by atoms with van der Waals surface area (Å²) in [4.78, 5) is 0.416. The summed E-state index contributed by atoms with van der Waals surface area (Å²) in [6.45, 7) is 8.67. The molecule has 6 heteroatoms. The van der Waals surface area contributed by atoms with Crippen LogP contribution < -0.4 is 5.32 Å². The second-order valence-electron chi connectivity index (χ2n) is 7.51. The fourth-order valence-corrected chi connectivity index (χ4v) is 4.53. The van der Waals surface area contributed by atoms with Crippen LogP contribution in [0.4, 0.5) is 0 Å². The Morgan fingerprint density at radius 1 is 1.12 bits per heavy atom. The van der Waals surface area contributed by atoms with Gasteiger partial charge in [0, 0.05) is 13.1 Å². The molecule has 1 N–H and O–H groups in total. The lowest BCUT2D eigenvalue weighted by Crippen LogP contribution is -2.38. The van der Waals surface area contributed by atoms with Gasteiger partial charge in [-0.05, 0) is 61.9 Å². The van der Waals surface area contributed by atoms with Crippen molar-refractivity contribution in [3.05, 3.63) is 29.8 Å². The van der Waals surface area contributed by atoms with Gasteiger partial charge in [0.05, 0.1) is 4.90 Å². The molecular formula is C18H31ClN2O2S. The van der Waals surface area contributed by atoms with E-state index in [9.17, 15) is 8.42 Å². The fourth-order valence-electron chi connectivity index (χ4n) is 3.06. The SMILES string of the molecule is CNCCC1CCN(S(=O)(=O)c2ccc(C(C)(C)C)cc2)CC1.Cl. The fraction of sp³-hybridized carbons (Fsp3) is 0.667. The van der Waals surface area contributed by atoms with Gasteiger partial charge >= 0.3 is 0 Å². The Morgan fingerprint density at radius 3 is 2.12 bits per heavy atom. The van der Waals surface area contributed by atoms with Gasteiger partial charge in [-0.25, -0.2) is 8.42 Å². The number of rotatable bonds is 5. The lowest BCUT2D eigenvalue weighted by Gasteiger charge is -2.31. The summed E-state index contributed by atoms with van der Waals surface area (Å²) >= 11 is 0. The number of hydrogen-bond donors (Lipinski definition) is 1. The number of halogens is 1. The van der Waals surface area contributed by atoms with Gasteiger partial charge in [0.2, 0.25) is 10.0 Å². The van der Waals surface area contributed by atoms with Crippen molar-refractivity contribution in [1.29, 1.82) is 0 Å². The van der Waals surface area contributed by atoms with Crippen LogP contribution in [-0.2, 0) is 15.4 Å². The Balaban J connectivity index is 0.00000288. The van der Waals surface area contributed by atoms with Crippen LogP contribution in [0.25, 0.3) is 0 Å². The molecule has 0 unspecified atom stereocenters. The van der Waals surface area contributed by atoms with Crippen LogP contribution in [0.2, 0.25) is 0 Å². The zero-order valence-electron chi connectivity index (χ0n) is 15.2. The average Bonchev–Trinajstić information content (AvgIpc) is 2.52. The maximum atomic E-state index is 12.8. The van der Waals surface area contributed by atoms with Gasteiger partial charge < -0.3 is 5.32 Å². The summed E-state index contributed by atoms with van der Waals surface area (Å²) < 4.78 is 27.2. The highest BCUT2D eigenvalue weighted by molar-refractivity contribution is 7.89. The minimum atomic E-state index is -3.35. The van der Waals surface area contributed by atoms with Crippen LogP contribution in [-0.4, -0.2) is 39.4 Å². The van der Waals surface area contributed by atoms with Gasteiger partial charge in [-0.15, -0.1) is 12.4 Å². The molecule has 0 amide bonds. The summed E-state index contributed by atoms with van der Waals surface area (Å²) in [6, 6.07) is 7.38. The highest BCUT2D eigenvalue weighted by Gasteiger charge is 2.29. The summed E-state index contributed by atoms with van der Waals surface area (Å²) in [5.74, 6) is 0.636. The van der Waals surface area contributed by atoms with E-state index in [0.29, 0.717) is 23.9 Å². The van der Waals surface area contributed by atoms with Crippen molar-refractivity contribution in [3.63, 3.8) is 0 Å². The third-order valence-corrected chi connectivity index (χ3v) is 6.65. The van der Waals surface area contributed by atoms with Gasteiger partial charge in [-0.1, -0.05) is 32.9 Å². The number of nitrogens with one attached hydrogen (secondary N) is 1. The molecule has 1 heterocycles. The van der Waals surface area contributed by atoms with E-state index in [4.69, 9.17) is 0 Å². The third-order valence-electron chi connectivity index (χ3n) is 4.73. The maximum Gasteiger partial charge on any atom is 0.243 e. The molecule has 1 aliphatic heterocycles. The number of sulfonamides is 1. The molecule has 1 aromatic carbocycles. The zero-order valence-corrected chi connectivity index (χ0v) is 16.8. The van der Waals surface area contributed by atoms with Gasteiger partial charge in [0.1, 0.15) is 0 Å². The van der Waals surface area contributed by atoms with Crippen molar-refractivity contribution in [3.8, 4) is 0 Å². The molecule has 1 saturated heterocycles. The highest BCUT2D eigenvalue weighted by atomic mass is 35.5. The van der Waals surface area contributed by atoms with Crippen LogP contribution in [0.15, 0.2) is 29.2 Å². The van der Waals surface area contributed by atoms with Crippen molar-refractivity contribution in [2.75, 3.05) is 26.7 Å². The highest BCUT2D eigenvalue weighted by Crippen LogP contribution is 2.27. The molecule has 1 aromatic rings. The van der Waals surface area contributed by atoms with Crippen molar-refractivity contribution in [2.24, 2.45) is 5.92 Å². The van der Waals surface area contributed by atoms with E-state index in [2.05, 4.69) is 26.1 Å². The molecule has 1 fully saturated rings. The second kappa shape index (κ2) is 8.65. The van der Waals surface area contributed by atoms with E-state index in [0.717, 1.165) is 31.4 Å². The molecule has 4 nitrogen and oxygen atoms in total. The van der Waals surface area contributed by atoms with Gasteiger partial charge in [0.15, 0.2) is 0 Å². The Morgan fingerprint density at radius 2 is 1.67 bits per heavy atom. The first-order valence-corrected chi connectivity index (χ1v) is 9.94. The second-order valence-corrected chi connectivity index (χ2v) is 9.45. The summed E-state index contributed by atoms with van der Waals surface area (Å²) in [6.07, 6.45) is 3.05. The van der Waals surface area contributed by atoms with Gasteiger partial charge in [-0.2, -0.15) is 4.31 Å². The van der Waals surface area contributed by atoms with Crippen molar-refractivity contribution in [1.82, 2.24) is 9.62 Å². The molecule has 2 rings (SSSR count). The Labute approximate surface area is 153 Å². The van der Waals surface area contributed by atoms with Gasteiger partial charge in [-0.3, -0.25) is 0 Å². The Hall–Kier alpha value is -0.620. The first-order valence-electron chi connectivity index (χ1n) is 8.50. The molecular weight excluding hydrogens is 344 g/mol. The summed E-state index contributed by atoms with van der Waals surface area (Å²) in [5.41, 5.74) is 1.19. The number of hydrogen-bond acceptors (Lipinski definition) is 3. The molecule has 0 spiro atoms. The Kier molecular flexibility index (Phi) is 7.73. The minimum Gasteiger partial charge on any atom is -0.320 e. The van der Waals surface area contributed by atoms with Crippen LogP contribution in [0.5, 0.6) is 0 Å². The normalized spacial score (nSPS) is 17.5. The van der Waals surface area contributed by atoms with Crippen LogP contribution in [0, 0.1) is 5.92 Å². The van der Waals surface area contributed by atoms with E-state index < -0.39 is 10.0 Å². The van der Waals surface area contributed by atoms with E-state index in [1.165, 1.54) is 0 Å². The predicted molar refractivity (Wildman–Crippen MR) is 102 cm³/mol. The third kappa shape index (κ3) is 5.19. The topological polar surface area (TPSA) is 49.4 Å². The van der Waals surface area contributed by atoms with Gasteiger partial charge in [0.25, 0.3) is 0 Å². The van der Waals surface area contributed by atoms with E-state index in [1.807, 2.05) is 19.2 Å². The maximum absolute atomic E-state index is 12.8. The minimum absolute atomic E-state index is 0. The molecule has 0 aromatic heterocycles. The number of benzene rings is 1. The van der Waals surface area contributed by atoms with Crippen molar-refractivity contribution < 1.29 is 8.42 Å². The molecule has 0 atom stereocenters. The summed E-state index contributed by atoms with van der Waals surface area (Å²) in [5, 5.41) is 3.17. The van der Waals surface area contributed by atoms with Crippen LogP contribution in [0.1, 0.15) is 45.6 Å². The zero-order chi connectivity index (χ0) is 17.1. The first-order chi connectivity index (χ1) is 10.7. The quantitative estimate of drug-likeness (QED) is 0.859.